The van der Waals surface area contributed by atoms with Gasteiger partial charge < -0.3 is 14.2 Å². The van der Waals surface area contributed by atoms with Crippen LogP contribution in [-0.4, -0.2) is 45.4 Å². The van der Waals surface area contributed by atoms with E-state index in [0.29, 0.717) is 37.4 Å². The number of rotatable bonds is 5. The number of ether oxygens (including phenoxy) is 1. The number of pyridine rings is 1. The van der Waals surface area contributed by atoms with Crippen molar-refractivity contribution in [2.75, 3.05) is 13.1 Å². The van der Waals surface area contributed by atoms with Crippen LogP contribution in [0.3, 0.4) is 0 Å². The Morgan fingerprint density at radius 3 is 2.53 bits per heavy atom. The zero-order chi connectivity index (χ0) is 25.9. The van der Waals surface area contributed by atoms with E-state index in [1.165, 1.54) is 11.6 Å². The molecule has 0 atom stereocenters. The normalized spacial score (nSPS) is 14.6. The molecule has 8 nitrogen and oxygen atoms in total. The molecule has 1 saturated heterocycles. The summed E-state index contributed by atoms with van der Waals surface area (Å²) in [4.78, 5) is 38.9. The van der Waals surface area contributed by atoms with E-state index in [4.69, 9.17) is 9.94 Å². The number of piperidine rings is 1. The molecule has 3 aromatic rings. The van der Waals surface area contributed by atoms with Crippen LogP contribution in [0.5, 0.6) is 0 Å². The molecule has 1 aliphatic heterocycles. The van der Waals surface area contributed by atoms with Gasteiger partial charge in [0.25, 0.3) is 11.5 Å². The lowest BCUT2D eigenvalue weighted by Crippen LogP contribution is -2.41. The van der Waals surface area contributed by atoms with Gasteiger partial charge >= 0.3 is 6.09 Å². The topological polar surface area (TPSA) is 101 Å². The number of carbonyl (C=O) groups is 2. The molecule has 0 aliphatic carbocycles. The number of nitrogens with one attached hydrogen (secondary N) is 1. The van der Waals surface area contributed by atoms with Crippen molar-refractivity contribution in [1.82, 2.24) is 14.9 Å². The number of hydrogen-bond acceptors (Lipinski definition) is 5. The molecule has 1 aliphatic rings. The maximum atomic E-state index is 13.0. The molecule has 1 fully saturated rings. The van der Waals surface area contributed by atoms with Crippen LogP contribution in [-0.2, 0) is 17.7 Å². The summed E-state index contributed by atoms with van der Waals surface area (Å²) in [6.07, 6.45) is 3.98. The standard InChI is InChI=1S/C28H33N3O5/c1-28(2,3)36-27(34)31-15-10-20(11-16-31)22-6-4-5-19(17-22)9-13-30-14-12-21-7-8-23(25(32)29-35)18-24(21)26(30)33/h4-8,12,14,17-18,20,35H,9-11,13,15-16H2,1-3H3,(H,29,32). The van der Waals surface area contributed by atoms with Gasteiger partial charge in [0, 0.05) is 36.8 Å². The fraction of sp³-hybridized carbons (Fsp3) is 0.393. The Kier molecular flexibility index (Phi) is 7.45. The summed E-state index contributed by atoms with van der Waals surface area (Å²) >= 11 is 0. The molecule has 4 rings (SSSR count). The number of fused-ring (bicyclic) bond motifs is 1. The number of likely N-dealkylation sites (tertiary alicyclic amines) is 1. The highest BCUT2D eigenvalue weighted by molar-refractivity contribution is 5.97. The minimum absolute atomic E-state index is 0.175. The average Bonchev–Trinajstić information content (AvgIpc) is 2.87. The van der Waals surface area contributed by atoms with E-state index in [1.54, 1.807) is 33.3 Å². The third-order valence-electron chi connectivity index (χ3n) is 6.55. The predicted molar refractivity (Wildman–Crippen MR) is 137 cm³/mol. The van der Waals surface area contributed by atoms with Crippen molar-refractivity contribution in [1.29, 1.82) is 0 Å². The van der Waals surface area contributed by atoms with Crippen molar-refractivity contribution < 1.29 is 19.5 Å². The number of nitrogens with zero attached hydrogens (tertiary/aromatic N) is 2. The minimum atomic E-state index is -0.652. The molecule has 1 aromatic heterocycles. The van der Waals surface area contributed by atoms with Crippen LogP contribution >= 0.6 is 0 Å². The Labute approximate surface area is 210 Å². The molecule has 0 bridgehead atoms. The van der Waals surface area contributed by atoms with Crippen LogP contribution in [0.4, 0.5) is 4.79 Å². The summed E-state index contributed by atoms with van der Waals surface area (Å²) in [5.41, 5.74) is 3.55. The molecule has 2 amide bonds. The second-order valence-corrected chi connectivity index (χ2v) is 10.3. The predicted octanol–water partition coefficient (Wildman–Crippen LogP) is 4.48. The van der Waals surface area contributed by atoms with Gasteiger partial charge in [-0.15, -0.1) is 0 Å². The molecule has 2 N–H and O–H groups in total. The van der Waals surface area contributed by atoms with Gasteiger partial charge in [-0.1, -0.05) is 30.3 Å². The summed E-state index contributed by atoms with van der Waals surface area (Å²) in [7, 11) is 0. The first kappa shape index (κ1) is 25.4. The van der Waals surface area contributed by atoms with Crippen molar-refractivity contribution >= 4 is 22.8 Å². The highest BCUT2D eigenvalue weighted by Gasteiger charge is 2.27. The Hall–Kier alpha value is -3.65. The lowest BCUT2D eigenvalue weighted by Gasteiger charge is -2.33. The van der Waals surface area contributed by atoms with E-state index >= 15 is 0 Å². The number of hydroxylamine groups is 1. The number of benzene rings is 2. The molecule has 2 heterocycles. The van der Waals surface area contributed by atoms with E-state index in [0.717, 1.165) is 23.8 Å². The van der Waals surface area contributed by atoms with E-state index < -0.39 is 11.5 Å². The maximum Gasteiger partial charge on any atom is 0.410 e. The third-order valence-corrected chi connectivity index (χ3v) is 6.55. The molecule has 0 spiro atoms. The van der Waals surface area contributed by atoms with Gasteiger partial charge in [0.15, 0.2) is 0 Å². The van der Waals surface area contributed by atoms with Crippen LogP contribution in [0.25, 0.3) is 10.8 Å². The van der Waals surface area contributed by atoms with Gasteiger partial charge in [-0.25, -0.2) is 10.3 Å². The van der Waals surface area contributed by atoms with E-state index in [2.05, 4.69) is 18.2 Å². The van der Waals surface area contributed by atoms with Gasteiger partial charge in [-0.3, -0.25) is 14.8 Å². The Bertz CT molecular complexity index is 1320. The lowest BCUT2D eigenvalue weighted by atomic mass is 9.88. The highest BCUT2D eigenvalue weighted by atomic mass is 16.6. The number of aryl methyl sites for hydroxylation is 2. The lowest BCUT2D eigenvalue weighted by molar-refractivity contribution is 0.0204. The first-order valence-corrected chi connectivity index (χ1v) is 12.3. The smallest absolute Gasteiger partial charge is 0.410 e. The molecule has 2 aromatic carbocycles. The second-order valence-electron chi connectivity index (χ2n) is 10.3. The zero-order valence-corrected chi connectivity index (χ0v) is 21.0. The molecular weight excluding hydrogens is 458 g/mol. The molecule has 0 radical (unpaired) electrons. The molecule has 8 heteroatoms. The third kappa shape index (κ3) is 5.94. The van der Waals surface area contributed by atoms with Gasteiger partial charge in [-0.2, -0.15) is 0 Å². The van der Waals surface area contributed by atoms with Crippen molar-refractivity contribution in [2.45, 2.75) is 58.1 Å². The van der Waals surface area contributed by atoms with Gasteiger partial charge in [0.05, 0.1) is 0 Å². The molecular formula is C28H33N3O5. The quantitative estimate of drug-likeness (QED) is 0.405. The van der Waals surface area contributed by atoms with Gasteiger partial charge in [-0.05, 0) is 80.7 Å². The van der Waals surface area contributed by atoms with Crippen molar-refractivity contribution in [3.63, 3.8) is 0 Å². The van der Waals surface area contributed by atoms with E-state index in [1.807, 2.05) is 32.9 Å². The van der Waals surface area contributed by atoms with Crippen molar-refractivity contribution in [2.24, 2.45) is 0 Å². The number of aromatic nitrogens is 1. The molecule has 36 heavy (non-hydrogen) atoms. The van der Waals surface area contributed by atoms with Crippen molar-refractivity contribution in [3.8, 4) is 0 Å². The molecule has 0 saturated carbocycles. The largest absolute Gasteiger partial charge is 0.444 e. The first-order valence-electron chi connectivity index (χ1n) is 12.3. The number of carbonyl (C=O) groups excluding carboxylic acids is 2. The Morgan fingerprint density at radius 2 is 1.83 bits per heavy atom. The number of amides is 2. The van der Waals surface area contributed by atoms with Crippen LogP contribution in [0.15, 0.2) is 59.5 Å². The van der Waals surface area contributed by atoms with Crippen LogP contribution in [0.2, 0.25) is 0 Å². The summed E-state index contributed by atoms with van der Waals surface area (Å²) < 4.78 is 7.15. The van der Waals surface area contributed by atoms with E-state index in [-0.39, 0.29) is 17.2 Å². The van der Waals surface area contributed by atoms with Gasteiger partial charge in [0.2, 0.25) is 0 Å². The minimum Gasteiger partial charge on any atom is -0.444 e. The Balaban J connectivity index is 1.41. The first-order chi connectivity index (χ1) is 17.1. The van der Waals surface area contributed by atoms with Crippen LogP contribution < -0.4 is 11.0 Å². The molecule has 0 unspecified atom stereocenters. The monoisotopic (exact) mass is 491 g/mol. The van der Waals surface area contributed by atoms with Crippen LogP contribution in [0, 0.1) is 0 Å². The van der Waals surface area contributed by atoms with E-state index in [9.17, 15) is 14.4 Å². The Morgan fingerprint density at radius 1 is 1.08 bits per heavy atom. The highest BCUT2D eigenvalue weighted by Crippen LogP contribution is 2.29. The SMILES string of the molecule is CC(C)(C)OC(=O)N1CCC(c2cccc(CCn3ccc4ccc(C(=O)NO)cc4c3=O)c2)CC1. The summed E-state index contributed by atoms with van der Waals surface area (Å²) in [5, 5.41) is 10.1. The van der Waals surface area contributed by atoms with Crippen LogP contribution in [0.1, 0.15) is 61.0 Å². The summed E-state index contributed by atoms with van der Waals surface area (Å²) in [6, 6.07) is 15.1. The number of hydrogen-bond donors (Lipinski definition) is 2. The maximum absolute atomic E-state index is 13.0. The second kappa shape index (κ2) is 10.5. The fourth-order valence-corrected chi connectivity index (χ4v) is 4.64. The summed E-state index contributed by atoms with van der Waals surface area (Å²) in [6.45, 7) is 7.48. The average molecular weight is 492 g/mol. The van der Waals surface area contributed by atoms with Gasteiger partial charge in [0.1, 0.15) is 5.60 Å². The fourth-order valence-electron chi connectivity index (χ4n) is 4.64. The van der Waals surface area contributed by atoms with Crippen molar-refractivity contribution in [3.05, 3.63) is 81.8 Å². The summed E-state index contributed by atoms with van der Waals surface area (Å²) in [5.74, 6) is -0.274. The molecule has 190 valence electrons. The zero-order valence-electron chi connectivity index (χ0n) is 21.0.